The monoisotopic (exact) mass is 400 g/mol. The van der Waals surface area contributed by atoms with E-state index in [4.69, 9.17) is 14.2 Å². The zero-order valence-corrected chi connectivity index (χ0v) is 17.4. The molecule has 1 aliphatic rings. The van der Waals surface area contributed by atoms with Crippen molar-refractivity contribution in [3.8, 4) is 11.5 Å². The third kappa shape index (κ3) is 4.36. The summed E-state index contributed by atoms with van der Waals surface area (Å²) >= 11 is 0. The summed E-state index contributed by atoms with van der Waals surface area (Å²) in [6.45, 7) is 9.26. The summed E-state index contributed by atoms with van der Waals surface area (Å²) in [4.78, 5) is 17.1. The highest BCUT2D eigenvalue weighted by Gasteiger charge is 2.34. The number of carbonyl (C=O) groups excluding carboxylic acids is 1. The van der Waals surface area contributed by atoms with Gasteiger partial charge in [-0.3, -0.25) is 0 Å². The van der Waals surface area contributed by atoms with Crippen LogP contribution < -0.4 is 14.8 Å². The van der Waals surface area contributed by atoms with Crippen LogP contribution in [0, 0.1) is 0 Å². The lowest BCUT2D eigenvalue weighted by Gasteiger charge is -2.28. The van der Waals surface area contributed by atoms with Crippen molar-refractivity contribution in [1.29, 1.82) is 0 Å². The minimum Gasteiger partial charge on any atom is -0.490 e. The highest BCUT2D eigenvalue weighted by atomic mass is 16.5. The van der Waals surface area contributed by atoms with E-state index in [1.165, 1.54) is 6.33 Å². The highest BCUT2D eigenvalue weighted by Crippen LogP contribution is 2.39. The third-order valence-electron chi connectivity index (χ3n) is 4.50. The van der Waals surface area contributed by atoms with Crippen molar-refractivity contribution in [1.82, 2.24) is 14.8 Å². The van der Waals surface area contributed by atoms with E-state index >= 15 is 0 Å². The first-order chi connectivity index (χ1) is 14.1. The van der Waals surface area contributed by atoms with Gasteiger partial charge in [0.2, 0.25) is 5.95 Å². The molecule has 1 aromatic heterocycles. The average Bonchev–Trinajstić information content (AvgIpc) is 3.18. The number of nitrogens with one attached hydrogen (secondary N) is 1. The Labute approximate surface area is 170 Å². The van der Waals surface area contributed by atoms with Crippen LogP contribution in [0.4, 0.5) is 5.95 Å². The van der Waals surface area contributed by atoms with Gasteiger partial charge >= 0.3 is 5.97 Å². The van der Waals surface area contributed by atoms with Gasteiger partial charge in [-0.05, 0) is 44.4 Å². The van der Waals surface area contributed by atoms with E-state index in [9.17, 15) is 4.79 Å². The highest BCUT2D eigenvalue weighted by molar-refractivity contribution is 5.92. The van der Waals surface area contributed by atoms with Crippen LogP contribution >= 0.6 is 0 Å². The molecule has 1 atom stereocenters. The maximum absolute atomic E-state index is 12.9. The molecule has 0 fully saturated rings. The van der Waals surface area contributed by atoms with Gasteiger partial charge in [-0.2, -0.15) is 10.1 Å². The average molecular weight is 400 g/mol. The maximum atomic E-state index is 12.9. The summed E-state index contributed by atoms with van der Waals surface area (Å²) in [7, 11) is 0. The molecule has 0 radical (unpaired) electrons. The van der Waals surface area contributed by atoms with Gasteiger partial charge in [-0.15, -0.1) is 0 Å². The Morgan fingerprint density at radius 1 is 1.14 bits per heavy atom. The number of hydrogen-bond donors (Lipinski definition) is 1. The lowest BCUT2D eigenvalue weighted by atomic mass is 9.95. The fraction of sp³-hybridized carbons (Fsp3) is 0.476. The fourth-order valence-corrected chi connectivity index (χ4v) is 3.23. The van der Waals surface area contributed by atoms with Gasteiger partial charge in [-0.25, -0.2) is 9.48 Å². The van der Waals surface area contributed by atoms with Gasteiger partial charge in [-0.1, -0.05) is 19.9 Å². The summed E-state index contributed by atoms with van der Waals surface area (Å²) in [5.74, 6) is 1.52. The molecule has 2 aromatic rings. The standard InChI is InChI=1S/C21H28N4O4/c1-5-10-28-16-9-8-15(12-17(16)27-7-3)19-18(20(26)29-11-6-2)14(4)24-21-22-13-23-25(19)21/h8-9,12-13,19H,5-7,10-11H2,1-4H3,(H,22,23,24). The Morgan fingerprint density at radius 2 is 1.93 bits per heavy atom. The second-order valence-electron chi connectivity index (χ2n) is 6.72. The van der Waals surface area contributed by atoms with Gasteiger partial charge in [0.15, 0.2) is 11.5 Å². The van der Waals surface area contributed by atoms with Crippen molar-refractivity contribution in [2.45, 2.75) is 46.6 Å². The largest absolute Gasteiger partial charge is 0.490 e. The molecule has 0 aliphatic carbocycles. The maximum Gasteiger partial charge on any atom is 0.338 e. The van der Waals surface area contributed by atoms with E-state index in [1.807, 2.05) is 39.0 Å². The lowest BCUT2D eigenvalue weighted by Crippen LogP contribution is -2.29. The van der Waals surface area contributed by atoms with Crippen LogP contribution in [-0.2, 0) is 9.53 Å². The molecule has 29 heavy (non-hydrogen) atoms. The van der Waals surface area contributed by atoms with Gasteiger partial charge in [0.1, 0.15) is 12.4 Å². The van der Waals surface area contributed by atoms with Crippen LogP contribution in [0.25, 0.3) is 0 Å². The Balaban J connectivity index is 2.05. The van der Waals surface area contributed by atoms with Crippen LogP contribution in [0.5, 0.6) is 11.5 Å². The molecule has 0 saturated carbocycles. The number of benzene rings is 1. The molecule has 2 heterocycles. The van der Waals surface area contributed by atoms with E-state index in [-0.39, 0.29) is 5.97 Å². The molecule has 0 bridgehead atoms. The number of anilines is 1. The summed E-state index contributed by atoms with van der Waals surface area (Å²) < 4.78 is 18.7. The quantitative estimate of drug-likeness (QED) is 0.642. The molecule has 1 unspecified atom stereocenters. The van der Waals surface area contributed by atoms with Crippen molar-refractivity contribution >= 4 is 11.9 Å². The Morgan fingerprint density at radius 3 is 2.66 bits per heavy atom. The molecule has 0 spiro atoms. The smallest absolute Gasteiger partial charge is 0.338 e. The second kappa shape index (κ2) is 9.45. The van der Waals surface area contributed by atoms with Gasteiger partial charge in [0.25, 0.3) is 0 Å². The normalized spacial score (nSPS) is 15.5. The van der Waals surface area contributed by atoms with Crippen LogP contribution in [0.2, 0.25) is 0 Å². The minimum absolute atomic E-state index is 0.362. The zero-order valence-electron chi connectivity index (χ0n) is 17.4. The van der Waals surface area contributed by atoms with Crippen molar-refractivity contribution in [3.63, 3.8) is 0 Å². The van der Waals surface area contributed by atoms with Crippen LogP contribution in [0.1, 0.15) is 52.1 Å². The first-order valence-electron chi connectivity index (χ1n) is 10.0. The zero-order chi connectivity index (χ0) is 20.8. The van der Waals surface area contributed by atoms with Crippen molar-refractivity contribution in [2.24, 2.45) is 0 Å². The number of rotatable bonds is 9. The van der Waals surface area contributed by atoms with E-state index < -0.39 is 6.04 Å². The first-order valence-corrected chi connectivity index (χ1v) is 10.0. The van der Waals surface area contributed by atoms with Gasteiger partial charge in [0.05, 0.1) is 25.4 Å². The number of carbonyl (C=O) groups is 1. The fourth-order valence-electron chi connectivity index (χ4n) is 3.23. The van der Waals surface area contributed by atoms with E-state index in [0.717, 1.165) is 18.4 Å². The number of nitrogens with zero attached hydrogens (tertiary/aromatic N) is 3. The summed E-state index contributed by atoms with van der Waals surface area (Å²) in [5.41, 5.74) is 2.04. The predicted molar refractivity (Wildman–Crippen MR) is 109 cm³/mol. The molecule has 156 valence electrons. The predicted octanol–water partition coefficient (Wildman–Crippen LogP) is 3.71. The number of esters is 1. The second-order valence-corrected chi connectivity index (χ2v) is 6.72. The molecule has 1 aromatic carbocycles. The first kappa shape index (κ1) is 20.7. The van der Waals surface area contributed by atoms with Crippen molar-refractivity contribution in [2.75, 3.05) is 25.1 Å². The minimum atomic E-state index is -0.475. The molecule has 3 rings (SSSR count). The van der Waals surface area contributed by atoms with Crippen LogP contribution in [0.3, 0.4) is 0 Å². The summed E-state index contributed by atoms with van der Waals surface area (Å²) in [6, 6.07) is 5.22. The van der Waals surface area contributed by atoms with Gasteiger partial charge < -0.3 is 19.5 Å². The van der Waals surface area contributed by atoms with Gasteiger partial charge in [0, 0.05) is 5.70 Å². The summed E-state index contributed by atoms with van der Waals surface area (Å²) in [5, 5.41) is 7.48. The third-order valence-corrected chi connectivity index (χ3v) is 4.50. The van der Waals surface area contributed by atoms with E-state index in [0.29, 0.717) is 48.5 Å². The number of hydrogen-bond acceptors (Lipinski definition) is 7. The van der Waals surface area contributed by atoms with Crippen molar-refractivity contribution in [3.05, 3.63) is 41.4 Å². The molecule has 0 saturated heterocycles. The molecule has 1 aliphatic heterocycles. The molecular weight excluding hydrogens is 372 g/mol. The Hall–Kier alpha value is -3.03. The van der Waals surface area contributed by atoms with E-state index in [1.54, 1.807) is 4.68 Å². The van der Waals surface area contributed by atoms with Crippen LogP contribution in [-0.4, -0.2) is 40.6 Å². The Kier molecular flexibility index (Phi) is 6.74. The molecule has 1 N–H and O–H groups in total. The number of ether oxygens (including phenoxy) is 3. The number of allylic oxidation sites excluding steroid dienone is 1. The molecule has 8 nitrogen and oxygen atoms in total. The molecular formula is C21H28N4O4. The van der Waals surface area contributed by atoms with Crippen molar-refractivity contribution < 1.29 is 19.0 Å². The lowest BCUT2D eigenvalue weighted by molar-refractivity contribution is -0.139. The number of fused-ring (bicyclic) bond motifs is 1. The SMILES string of the molecule is CCCOC(=O)C1=C(C)Nc2ncnn2C1c1ccc(OCCC)c(OCC)c1. The van der Waals surface area contributed by atoms with Crippen LogP contribution in [0.15, 0.2) is 35.8 Å². The number of aromatic nitrogens is 3. The molecule has 8 heteroatoms. The topological polar surface area (TPSA) is 87.5 Å². The summed E-state index contributed by atoms with van der Waals surface area (Å²) in [6.07, 6.45) is 3.12. The Bertz CT molecular complexity index is 891. The molecule has 0 amide bonds. The van der Waals surface area contributed by atoms with E-state index in [2.05, 4.69) is 22.3 Å².